The number of hydrogen-bond acceptors (Lipinski definition) is 2. The first-order valence-electron chi connectivity index (χ1n) is 6.88. The molecule has 0 saturated carbocycles. The highest BCUT2D eigenvalue weighted by atomic mass is 16.3. The number of rotatable bonds is 3. The Kier molecular flexibility index (Phi) is 3.61. The molecule has 0 aromatic heterocycles. The summed E-state index contributed by atoms with van der Waals surface area (Å²) >= 11 is 0. The van der Waals surface area contributed by atoms with Crippen molar-refractivity contribution in [3.05, 3.63) is 83.9 Å². The first kappa shape index (κ1) is 13.3. The van der Waals surface area contributed by atoms with Gasteiger partial charge in [0.05, 0.1) is 0 Å². The van der Waals surface area contributed by atoms with Crippen molar-refractivity contribution in [2.75, 3.05) is 0 Å². The Bertz CT molecular complexity index is 749. The van der Waals surface area contributed by atoms with Crippen molar-refractivity contribution in [3.63, 3.8) is 0 Å². The summed E-state index contributed by atoms with van der Waals surface area (Å²) in [5, 5.41) is 19.5. The monoisotopic (exact) mass is 276 g/mol. The molecular formula is C19H16O2. The standard InChI is InChI=1S/C19H16O2/c20-17-10-11-19(21)16(13-17)12-15-8-4-5-9-18(15)14-6-2-1-3-7-14/h1-11,13,20-21H,12H2. The molecule has 0 saturated heterocycles. The Morgan fingerprint density at radius 2 is 1.38 bits per heavy atom. The van der Waals surface area contributed by atoms with Crippen LogP contribution in [0.3, 0.4) is 0 Å². The molecule has 0 bridgehead atoms. The topological polar surface area (TPSA) is 40.5 Å². The first-order valence-corrected chi connectivity index (χ1v) is 6.88. The van der Waals surface area contributed by atoms with Crippen molar-refractivity contribution in [2.45, 2.75) is 6.42 Å². The zero-order valence-electron chi connectivity index (χ0n) is 11.5. The molecule has 0 unspecified atom stereocenters. The molecule has 0 heterocycles. The van der Waals surface area contributed by atoms with Crippen LogP contribution in [0.4, 0.5) is 0 Å². The van der Waals surface area contributed by atoms with Gasteiger partial charge in [0.2, 0.25) is 0 Å². The molecule has 0 atom stereocenters. The van der Waals surface area contributed by atoms with Crippen LogP contribution in [0.15, 0.2) is 72.8 Å². The molecule has 0 aliphatic heterocycles. The summed E-state index contributed by atoms with van der Waals surface area (Å²) in [6.07, 6.45) is 0.575. The summed E-state index contributed by atoms with van der Waals surface area (Å²) in [7, 11) is 0. The Labute approximate surface area is 123 Å². The highest BCUT2D eigenvalue weighted by molar-refractivity contribution is 5.68. The third kappa shape index (κ3) is 2.90. The second-order valence-corrected chi connectivity index (χ2v) is 5.01. The highest BCUT2D eigenvalue weighted by Crippen LogP contribution is 2.29. The molecule has 0 radical (unpaired) electrons. The molecule has 21 heavy (non-hydrogen) atoms. The lowest BCUT2D eigenvalue weighted by molar-refractivity contribution is 0.455. The second-order valence-electron chi connectivity index (χ2n) is 5.01. The Balaban J connectivity index is 2.02. The van der Waals surface area contributed by atoms with Crippen LogP contribution in [0, 0.1) is 0 Å². The molecule has 0 spiro atoms. The Morgan fingerprint density at radius 1 is 0.667 bits per heavy atom. The van der Waals surface area contributed by atoms with Gasteiger partial charge in [-0.2, -0.15) is 0 Å². The van der Waals surface area contributed by atoms with Gasteiger partial charge in [-0.3, -0.25) is 0 Å². The maximum Gasteiger partial charge on any atom is 0.119 e. The van der Waals surface area contributed by atoms with Crippen molar-refractivity contribution in [1.29, 1.82) is 0 Å². The van der Waals surface area contributed by atoms with E-state index < -0.39 is 0 Å². The number of benzene rings is 3. The van der Waals surface area contributed by atoms with Crippen molar-refractivity contribution in [3.8, 4) is 22.6 Å². The molecule has 2 nitrogen and oxygen atoms in total. The molecule has 0 amide bonds. The summed E-state index contributed by atoms with van der Waals surface area (Å²) in [5.74, 6) is 0.371. The van der Waals surface area contributed by atoms with Gasteiger partial charge in [0.15, 0.2) is 0 Å². The van der Waals surface area contributed by atoms with E-state index in [1.807, 2.05) is 36.4 Å². The maximum atomic E-state index is 9.95. The van der Waals surface area contributed by atoms with Crippen LogP contribution in [0.5, 0.6) is 11.5 Å². The number of phenolic OH excluding ortho intramolecular Hbond substituents is 2. The van der Waals surface area contributed by atoms with Gasteiger partial charge in [-0.15, -0.1) is 0 Å². The van der Waals surface area contributed by atoms with Crippen LogP contribution in [0.25, 0.3) is 11.1 Å². The van der Waals surface area contributed by atoms with Crippen LogP contribution < -0.4 is 0 Å². The van der Waals surface area contributed by atoms with E-state index >= 15 is 0 Å². The van der Waals surface area contributed by atoms with Crippen LogP contribution in [0.1, 0.15) is 11.1 Å². The van der Waals surface area contributed by atoms with Crippen molar-refractivity contribution < 1.29 is 10.2 Å². The van der Waals surface area contributed by atoms with E-state index in [-0.39, 0.29) is 11.5 Å². The predicted molar refractivity (Wildman–Crippen MR) is 84.5 cm³/mol. The van der Waals surface area contributed by atoms with E-state index in [1.165, 1.54) is 12.1 Å². The van der Waals surface area contributed by atoms with Gasteiger partial charge < -0.3 is 10.2 Å². The molecule has 0 aliphatic rings. The van der Waals surface area contributed by atoms with Gasteiger partial charge in [0, 0.05) is 12.0 Å². The van der Waals surface area contributed by atoms with Gasteiger partial charge in [-0.05, 0) is 34.9 Å². The van der Waals surface area contributed by atoms with Crippen LogP contribution in [-0.2, 0) is 6.42 Å². The van der Waals surface area contributed by atoms with Crippen LogP contribution in [0.2, 0.25) is 0 Å². The number of hydrogen-bond donors (Lipinski definition) is 2. The summed E-state index contributed by atoms with van der Waals surface area (Å²) in [5.41, 5.74) is 4.12. The molecule has 3 aromatic carbocycles. The minimum Gasteiger partial charge on any atom is -0.508 e. The van der Waals surface area contributed by atoms with Crippen molar-refractivity contribution in [1.82, 2.24) is 0 Å². The molecule has 104 valence electrons. The van der Waals surface area contributed by atoms with Gasteiger partial charge in [-0.1, -0.05) is 54.6 Å². The van der Waals surface area contributed by atoms with Gasteiger partial charge in [-0.25, -0.2) is 0 Å². The third-order valence-electron chi connectivity index (χ3n) is 3.55. The van der Waals surface area contributed by atoms with E-state index in [0.29, 0.717) is 6.42 Å². The molecule has 2 N–H and O–H groups in total. The predicted octanol–water partition coefficient (Wildman–Crippen LogP) is 4.36. The fraction of sp³-hybridized carbons (Fsp3) is 0.0526. The van der Waals surface area contributed by atoms with Crippen molar-refractivity contribution in [2.24, 2.45) is 0 Å². The quantitative estimate of drug-likeness (QED) is 0.698. The zero-order valence-corrected chi connectivity index (χ0v) is 11.5. The maximum absolute atomic E-state index is 9.95. The fourth-order valence-corrected chi connectivity index (χ4v) is 2.49. The Hall–Kier alpha value is -2.74. The Morgan fingerprint density at radius 3 is 2.19 bits per heavy atom. The average Bonchev–Trinajstić information content (AvgIpc) is 2.52. The second kappa shape index (κ2) is 5.71. The van der Waals surface area contributed by atoms with E-state index in [9.17, 15) is 10.2 Å². The normalized spacial score (nSPS) is 10.5. The van der Waals surface area contributed by atoms with E-state index in [0.717, 1.165) is 22.3 Å². The van der Waals surface area contributed by atoms with E-state index in [2.05, 4.69) is 18.2 Å². The largest absolute Gasteiger partial charge is 0.508 e. The number of phenols is 2. The molecular weight excluding hydrogens is 260 g/mol. The summed E-state index contributed by atoms with van der Waals surface area (Å²) in [6.45, 7) is 0. The lowest BCUT2D eigenvalue weighted by atomic mass is 9.94. The number of aromatic hydroxyl groups is 2. The molecule has 3 rings (SSSR count). The molecule has 0 aliphatic carbocycles. The van der Waals surface area contributed by atoms with Crippen LogP contribution >= 0.6 is 0 Å². The smallest absolute Gasteiger partial charge is 0.119 e. The summed E-state index contributed by atoms with van der Waals surface area (Å²) in [6, 6.07) is 22.9. The van der Waals surface area contributed by atoms with E-state index in [4.69, 9.17) is 0 Å². The minimum atomic E-state index is 0.167. The molecule has 3 aromatic rings. The average molecular weight is 276 g/mol. The third-order valence-corrected chi connectivity index (χ3v) is 3.55. The molecule has 0 fully saturated rings. The molecule has 2 heteroatoms. The summed E-state index contributed by atoms with van der Waals surface area (Å²) < 4.78 is 0. The van der Waals surface area contributed by atoms with Gasteiger partial charge in [0.25, 0.3) is 0 Å². The SMILES string of the molecule is Oc1ccc(O)c(Cc2ccccc2-c2ccccc2)c1. The van der Waals surface area contributed by atoms with Gasteiger partial charge in [0.1, 0.15) is 11.5 Å². The summed E-state index contributed by atoms with van der Waals surface area (Å²) in [4.78, 5) is 0. The first-order chi connectivity index (χ1) is 10.2. The van der Waals surface area contributed by atoms with Gasteiger partial charge >= 0.3 is 0 Å². The minimum absolute atomic E-state index is 0.167. The van der Waals surface area contributed by atoms with Crippen LogP contribution in [-0.4, -0.2) is 10.2 Å². The van der Waals surface area contributed by atoms with Crippen molar-refractivity contribution >= 4 is 0 Å². The lowest BCUT2D eigenvalue weighted by Crippen LogP contribution is -1.92. The zero-order chi connectivity index (χ0) is 14.7. The van der Waals surface area contributed by atoms with E-state index in [1.54, 1.807) is 6.07 Å². The fourth-order valence-electron chi connectivity index (χ4n) is 2.49. The lowest BCUT2D eigenvalue weighted by Gasteiger charge is -2.11. The highest BCUT2D eigenvalue weighted by Gasteiger charge is 2.08.